The molecule has 0 unspecified atom stereocenters. The van der Waals surface area contributed by atoms with Gasteiger partial charge in [0.1, 0.15) is 5.82 Å². The molecule has 3 nitrogen and oxygen atoms in total. The molecule has 0 atom stereocenters. The molecule has 0 spiro atoms. The van der Waals surface area contributed by atoms with Crippen LogP contribution in [0, 0.1) is 5.82 Å². The lowest BCUT2D eigenvalue weighted by Crippen LogP contribution is -2.26. The molecule has 0 radical (unpaired) electrons. The molecule has 0 heterocycles. The molecule has 0 bridgehead atoms. The van der Waals surface area contributed by atoms with Gasteiger partial charge in [0, 0.05) is 51.3 Å². The molecule has 0 fully saturated rings. The van der Waals surface area contributed by atoms with Crippen LogP contribution in [0.4, 0.5) is 4.39 Å². The maximum absolute atomic E-state index is 14.5. The molecular weight excluding hydrogens is 511 g/mol. The summed E-state index contributed by atoms with van der Waals surface area (Å²) >= 11 is 9.38. The first-order valence-electron chi connectivity index (χ1n) is 11.5. The van der Waals surface area contributed by atoms with E-state index >= 15 is 0 Å². The van der Waals surface area contributed by atoms with E-state index in [-0.39, 0.29) is 11.7 Å². The van der Waals surface area contributed by atoms with Crippen molar-refractivity contribution in [3.63, 3.8) is 0 Å². The largest absolute Gasteiger partial charge is 0.294 e. The van der Waals surface area contributed by atoms with E-state index in [4.69, 9.17) is 11.6 Å². The van der Waals surface area contributed by atoms with Gasteiger partial charge in [0.15, 0.2) is 0 Å². The first-order chi connectivity index (χ1) is 17.6. The Hall–Kier alpha value is -2.77. The van der Waals surface area contributed by atoms with Crippen LogP contribution in [0.3, 0.4) is 0 Å². The first kappa shape index (κ1) is 26.3. The van der Waals surface area contributed by atoms with Gasteiger partial charge in [0.05, 0.1) is 0 Å². The van der Waals surface area contributed by atoms with E-state index in [1.54, 1.807) is 36.0 Å². The van der Waals surface area contributed by atoms with Crippen LogP contribution in [0.5, 0.6) is 0 Å². The standard InChI is InChI=1S/C29H26ClFN2OS2/c30-27-12-7-13-28(31)26(27)21-33(18-19-35-24-10-5-2-6-11-24)20-22-14-16-25(17-15-22)36-32-29(34)23-8-3-1-4-9-23/h1-17H,18-21H2,(H,32,34). The smallest absolute Gasteiger partial charge is 0.261 e. The molecule has 0 saturated carbocycles. The molecule has 0 aromatic heterocycles. The van der Waals surface area contributed by atoms with Crippen LogP contribution >= 0.6 is 35.3 Å². The summed E-state index contributed by atoms with van der Waals surface area (Å²) in [5.74, 6) is 0.452. The van der Waals surface area contributed by atoms with Gasteiger partial charge in [-0.25, -0.2) is 4.39 Å². The first-order valence-corrected chi connectivity index (χ1v) is 13.7. The molecule has 1 N–H and O–H groups in total. The molecule has 184 valence electrons. The number of halogens is 2. The third-order valence-corrected chi connectivity index (χ3v) is 7.63. The molecule has 4 aromatic carbocycles. The number of benzene rings is 4. The minimum atomic E-state index is -0.288. The predicted octanol–water partition coefficient (Wildman–Crippen LogP) is 7.71. The molecule has 7 heteroatoms. The summed E-state index contributed by atoms with van der Waals surface area (Å²) in [4.78, 5) is 16.6. The highest BCUT2D eigenvalue weighted by Gasteiger charge is 2.14. The van der Waals surface area contributed by atoms with Gasteiger partial charge >= 0.3 is 0 Å². The van der Waals surface area contributed by atoms with Crippen LogP contribution in [0.2, 0.25) is 5.02 Å². The third-order valence-electron chi connectivity index (χ3n) is 5.49. The fraction of sp³-hybridized carbons (Fsp3) is 0.138. The van der Waals surface area contributed by atoms with Gasteiger partial charge in [-0.05, 0) is 66.0 Å². The average Bonchev–Trinajstić information content (AvgIpc) is 2.91. The molecule has 4 rings (SSSR count). The van der Waals surface area contributed by atoms with Gasteiger partial charge in [-0.1, -0.05) is 66.2 Å². The van der Waals surface area contributed by atoms with Crippen molar-refractivity contribution in [2.45, 2.75) is 22.9 Å². The predicted molar refractivity (Wildman–Crippen MR) is 149 cm³/mol. The maximum Gasteiger partial charge on any atom is 0.261 e. The zero-order chi connectivity index (χ0) is 25.2. The van der Waals surface area contributed by atoms with Crippen molar-refractivity contribution in [3.05, 3.63) is 131 Å². The average molecular weight is 537 g/mol. The van der Waals surface area contributed by atoms with E-state index in [0.717, 1.165) is 22.8 Å². The van der Waals surface area contributed by atoms with Crippen LogP contribution in [-0.4, -0.2) is 23.1 Å². The molecule has 0 saturated heterocycles. The Morgan fingerprint density at radius 2 is 1.50 bits per heavy atom. The monoisotopic (exact) mass is 536 g/mol. The van der Waals surface area contributed by atoms with Gasteiger partial charge < -0.3 is 0 Å². The Bertz CT molecular complexity index is 1240. The summed E-state index contributed by atoms with van der Waals surface area (Å²) in [5.41, 5.74) is 2.24. The normalized spacial score (nSPS) is 11.0. The van der Waals surface area contributed by atoms with Crippen molar-refractivity contribution in [1.82, 2.24) is 9.62 Å². The number of hydrogen-bond acceptors (Lipinski definition) is 4. The topological polar surface area (TPSA) is 32.3 Å². The summed E-state index contributed by atoms with van der Waals surface area (Å²) in [5, 5.41) is 0.441. The second-order valence-corrected chi connectivity index (χ2v) is 10.6. The zero-order valence-electron chi connectivity index (χ0n) is 19.6. The Labute approximate surface area is 225 Å². The van der Waals surface area contributed by atoms with E-state index in [2.05, 4.69) is 21.8 Å². The lowest BCUT2D eigenvalue weighted by molar-refractivity contribution is 0.0984. The summed E-state index contributed by atoms with van der Waals surface area (Å²) in [6.07, 6.45) is 0. The van der Waals surface area contributed by atoms with Crippen LogP contribution in [0.1, 0.15) is 21.5 Å². The molecule has 36 heavy (non-hydrogen) atoms. The maximum atomic E-state index is 14.5. The van der Waals surface area contributed by atoms with Crippen LogP contribution in [0.15, 0.2) is 113 Å². The highest BCUT2D eigenvalue weighted by atomic mass is 35.5. The molecule has 0 aliphatic carbocycles. The van der Waals surface area contributed by atoms with Gasteiger partial charge in [0.2, 0.25) is 0 Å². The van der Waals surface area contributed by atoms with Crippen LogP contribution in [0.25, 0.3) is 0 Å². The zero-order valence-corrected chi connectivity index (χ0v) is 22.0. The lowest BCUT2D eigenvalue weighted by atomic mass is 10.1. The van der Waals surface area contributed by atoms with E-state index in [9.17, 15) is 9.18 Å². The van der Waals surface area contributed by atoms with Crippen LogP contribution < -0.4 is 4.72 Å². The van der Waals surface area contributed by atoms with Crippen molar-refractivity contribution in [2.24, 2.45) is 0 Å². The Balaban J connectivity index is 1.38. The lowest BCUT2D eigenvalue weighted by Gasteiger charge is -2.23. The number of rotatable bonds is 11. The van der Waals surface area contributed by atoms with Crippen molar-refractivity contribution < 1.29 is 9.18 Å². The number of thioether (sulfide) groups is 1. The van der Waals surface area contributed by atoms with Crippen LogP contribution in [-0.2, 0) is 13.1 Å². The van der Waals surface area contributed by atoms with Crippen molar-refractivity contribution in [3.8, 4) is 0 Å². The summed E-state index contributed by atoms with van der Waals surface area (Å²) in [7, 11) is 0. The molecule has 0 aliphatic heterocycles. The second-order valence-electron chi connectivity index (χ2n) is 8.12. The highest BCUT2D eigenvalue weighted by Crippen LogP contribution is 2.24. The fourth-order valence-electron chi connectivity index (χ4n) is 3.61. The quantitative estimate of drug-likeness (QED) is 0.157. The minimum absolute atomic E-state index is 0.131. The van der Waals surface area contributed by atoms with Gasteiger partial charge in [-0.2, -0.15) is 0 Å². The number of carbonyl (C=O) groups excluding carboxylic acids is 1. The van der Waals surface area contributed by atoms with Crippen molar-refractivity contribution >= 4 is 41.2 Å². The molecule has 4 aromatic rings. The minimum Gasteiger partial charge on any atom is -0.294 e. The number of amides is 1. The SMILES string of the molecule is O=C(NSc1ccc(CN(CCSc2ccccc2)Cc2c(F)cccc2Cl)cc1)c1ccccc1. The number of carbonyl (C=O) groups is 1. The highest BCUT2D eigenvalue weighted by molar-refractivity contribution is 7.99. The van der Waals surface area contributed by atoms with Crippen molar-refractivity contribution in [1.29, 1.82) is 0 Å². The van der Waals surface area contributed by atoms with E-state index in [0.29, 0.717) is 29.2 Å². The Morgan fingerprint density at radius 1 is 0.806 bits per heavy atom. The van der Waals surface area contributed by atoms with Gasteiger partial charge in [0.25, 0.3) is 5.91 Å². The summed E-state index contributed by atoms with van der Waals surface area (Å²) < 4.78 is 17.4. The van der Waals surface area contributed by atoms with Crippen molar-refractivity contribution in [2.75, 3.05) is 12.3 Å². The van der Waals surface area contributed by atoms with E-state index in [1.807, 2.05) is 60.7 Å². The Kier molecular flexibility index (Phi) is 9.87. The molecule has 0 aliphatic rings. The van der Waals surface area contributed by atoms with Gasteiger partial charge in [-0.15, -0.1) is 11.8 Å². The molecule has 1 amide bonds. The second kappa shape index (κ2) is 13.5. The Morgan fingerprint density at radius 3 is 2.19 bits per heavy atom. The number of hydrogen-bond donors (Lipinski definition) is 1. The third kappa shape index (κ3) is 7.87. The van der Waals surface area contributed by atoms with E-state index < -0.39 is 0 Å². The summed E-state index contributed by atoms with van der Waals surface area (Å²) in [6.45, 7) is 1.85. The van der Waals surface area contributed by atoms with E-state index in [1.165, 1.54) is 22.9 Å². The number of nitrogens with one attached hydrogen (secondary N) is 1. The molecular formula is C29H26ClFN2OS2. The summed E-state index contributed by atoms with van der Waals surface area (Å²) in [6, 6.07) is 32.2. The van der Waals surface area contributed by atoms with Gasteiger partial charge in [-0.3, -0.25) is 14.4 Å². The number of nitrogens with zero attached hydrogens (tertiary/aromatic N) is 1. The fourth-order valence-corrected chi connectivity index (χ4v) is 5.36.